The van der Waals surface area contributed by atoms with Crippen molar-refractivity contribution < 1.29 is 0 Å². The van der Waals surface area contributed by atoms with Crippen molar-refractivity contribution in [3.8, 4) is 0 Å². The van der Waals surface area contributed by atoms with E-state index in [0.29, 0.717) is 17.0 Å². The molecular weight excluding hydrogens is 276 g/mol. The minimum Gasteiger partial charge on any atom is -0.358 e. The van der Waals surface area contributed by atoms with Crippen molar-refractivity contribution in [1.82, 2.24) is 24.5 Å². The molecular formula is C13H19ClN6. The zero-order chi connectivity index (χ0) is 14.3. The van der Waals surface area contributed by atoms with Crippen LogP contribution in [0.15, 0.2) is 6.33 Å². The van der Waals surface area contributed by atoms with Crippen LogP contribution < -0.4 is 4.90 Å². The van der Waals surface area contributed by atoms with Crippen LogP contribution >= 0.6 is 11.6 Å². The fourth-order valence-corrected chi connectivity index (χ4v) is 3.10. The van der Waals surface area contributed by atoms with Gasteiger partial charge in [0.15, 0.2) is 0 Å². The average molecular weight is 295 g/mol. The molecule has 2 aromatic heterocycles. The number of hydrogen-bond donors (Lipinski definition) is 0. The molecule has 3 rings (SSSR count). The first-order valence-electron chi connectivity index (χ1n) is 6.85. The molecule has 0 bridgehead atoms. The van der Waals surface area contributed by atoms with E-state index < -0.39 is 0 Å². The molecule has 0 radical (unpaired) electrons. The number of aromatic nitrogens is 4. The SMILES string of the molecule is Cc1c(Cl)nc2ncnn2c1N(C)CC1CCCN1C. The van der Waals surface area contributed by atoms with Crippen molar-refractivity contribution in [3.63, 3.8) is 0 Å². The van der Waals surface area contributed by atoms with Crippen molar-refractivity contribution in [2.24, 2.45) is 0 Å². The van der Waals surface area contributed by atoms with Crippen LogP contribution in [-0.2, 0) is 0 Å². The summed E-state index contributed by atoms with van der Waals surface area (Å²) in [4.78, 5) is 13.0. The molecule has 0 aliphatic carbocycles. The molecule has 1 aliphatic rings. The lowest BCUT2D eigenvalue weighted by molar-refractivity contribution is 0.313. The third kappa shape index (κ3) is 2.23. The summed E-state index contributed by atoms with van der Waals surface area (Å²) in [5.41, 5.74) is 0.938. The van der Waals surface area contributed by atoms with E-state index in [0.717, 1.165) is 17.9 Å². The molecule has 20 heavy (non-hydrogen) atoms. The highest BCUT2D eigenvalue weighted by Gasteiger charge is 2.24. The number of nitrogens with zero attached hydrogens (tertiary/aromatic N) is 6. The van der Waals surface area contributed by atoms with Gasteiger partial charge in [-0.05, 0) is 33.4 Å². The Morgan fingerprint density at radius 3 is 3.00 bits per heavy atom. The lowest BCUT2D eigenvalue weighted by Crippen LogP contribution is -2.37. The Bertz CT molecular complexity index is 625. The van der Waals surface area contributed by atoms with Crippen LogP contribution in [0.1, 0.15) is 18.4 Å². The van der Waals surface area contributed by atoms with E-state index in [1.807, 2.05) is 6.92 Å². The Morgan fingerprint density at radius 2 is 2.30 bits per heavy atom. The van der Waals surface area contributed by atoms with Gasteiger partial charge < -0.3 is 9.80 Å². The van der Waals surface area contributed by atoms with Gasteiger partial charge in [-0.15, -0.1) is 0 Å². The molecule has 3 heterocycles. The maximum atomic E-state index is 6.21. The average Bonchev–Trinajstić information content (AvgIpc) is 3.00. The zero-order valence-electron chi connectivity index (χ0n) is 12.0. The maximum Gasteiger partial charge on any atom is 0.255 e. The highest BCUT2D eigenvalue weighted by atomic mass is 35.5. The molecule has 0 aromatic carbocycles. The fraction of sp³-hybridized carbons (Fsp3) is 0.615. The van der Waals surface area contributed by atoms with Crippen LogP contribution in [0.2, 0.25) is 5.15 Å². The van der Waals surface area contributed by atoms with Crippen LogP contribution in [0, 0.1) is 6.92 Å². The monoisotopic (exact) mass is 294 g/mol. The van der Waals surface area contributed by atoms with E-state index in [4.69, 9.17) is 11.6 Å². The molecule has 1 saturated heterocycles. The highest BCUT2D eigenvalue weighted by Crippen LogP contribution is 2.26. The van der Waals surface area contributed by atoms with Gasteiger partial charge in [-0.3, -0.25) is 0 Å². The summed E-state index contributed by atoms with van der Waals surface area (Å²) in [5.74, 6) is 1.51. The second-order valence-electron chi connectivity index (χ2n) is 5.48. The molecule has 0 N–H and O–H groups in total. The van der Waals surface area contributed by atoms with Crippen molar-refractivity contribution >= 4 is 23.2 Å². The largest absolute Gasteiger partial charge is 0.358 e. The van der Waals surface area contributed by atoms with E-state index in [2.05, 4.69) is 39.0 Å². The summed E-state index contributed by atoms with van der Waals surface area (Å²) in [5, 5.41) is 4.76. The Morgan fingerprint density at radius 1 is 1.50 bits per heavy atom. The van der Waals surface area contributed by atoms with Gasteiger partial charge in [0.1, 0.15) is 17.3 Å². The van der Waals surface area contributed by atoms with Crippen molar-refractivity contribution in [3.05, 3.63) is 17.0 Å². The second-order valence-corrected chi connectivity index (χ2v) is 5.84. The smallest absolute Gasteiger partial charge is 0.255 e. The number of fused-ring (bicyclic) bond motifs is 1. The standard InChI is InChI=1S/C13H19ClN6/c1-9-11(14)17-13-15-8-16-20(13)12(9)19(3)7-10-5-4-6-18(10)2/h8,10H,4-7H2,1-3H3. The minimum absolute atomic E-state index is 0.493. The summed E-state index contributed by atoms with van der Waals surface area (Å²) in [7, 11) is 4.26. The van der Waals surface area contributed by atoms with Crippen molar-refractivity contribution in [1.29, 1.82) is 0 Å². The lowest BCUT2D eigenvalue weighted by Gasteiger charge is -2.28. The molecule has 2 aromatic rings. The van der Waals surface area contributed by atoms with E-state index >= 15 is 0 Å². The van der Waals surface area contributed by atoms with Crippen LogP contribution in [0.5, 0.6) is 0 Å². The molecule has 1 fully saturated rings. The maximum absolute atomic E-state index is 6.21. The summed E-state index contributed by atoms with van der Waals surface area (Å²) in [6, 6.07) is 0.574. The third-order valence-corrected chi connectivity index (χ3v) is 4.46. The van der Waals surface area contributed by atoms with Gasteiger partial charge in [0, 0.05) is 25.2 Å². The number of likely N-dealkylation sites (tertiary alicyclic amines) is 1. The summed E-state index contributed by atoms with van der Waals surface area (Å²) in [6.07, 6.45) is 4.01. The summed E-state index contributed by atoms with van der Waals surface area (Å²) < 4.78 is 1.76. The first kappa shape index (κ1) is 13.6. The first-order valence-corrected chi connectivity index (χ1v) is 7.23. The van der Waals surface area contributed by atoms with Crippen molar-refractivity contribution in [2.45, 2.75) is 25.8 Å². The predicted molar refractivity (Wildman–Crippen MR) is 79.5 cm³/mol. The van der Waals surface area contributed by atoms with Crippen molar-refractivity contribution in [2.75, 3.05) is 32.1 Å². The summed E-state index contributed by atoms with van der Waals surface area (Å²) >= 11 is 6.21. The van der Waals surface area contributed by atoms with E-state index in [1.54, 1.807) is 4.52 Å². The Labute approximate surface area is 123 Å². The zero-order valence-corrected chi connectivity index (χ0v) is 12.8. The second kappa shape index (κ2) is 5.18. The molecule has 6 nitrogen and oxygen atoms in total. The molecule has 0 spiro atoms. The Hall–Kier alpha value is -1.40. The Kier molecular flexibility index (Phi) is 3.52. The third-order valence-electron chi connectivity index (χ3n) is 4.09. The van der Waals surface area contributed by atoms with Gasteiger partial charge in [0.05, 0.1) is 0 Å². The predicted octanol–water partition coefficient (Wildman–Crippen LogP) is 1.62. The van der Waals surface area contributed by atoms with Crippen LogP contribution in [-0.4, -0.2) is 57.7 Å². The number of hydrogen-bond acceptors (Lipinski definition) is 5. The van der Waals surface area contributed by atoms with Gasteiger partial charge in [0.25, 0.3) is 5.78 Å². The quantitative estimate of drug-likeness (QED) is 0.805. The molecule has 1 unspecified atom stereocenters. The fourth-order valence-electron chi connectivity index (χ4n) is 2.94. The summed E-state index contributed by atoms with van der Waals surface area (Å²) in [6.45, 7) is 4.10. The number of halogens is 1. The molecule has 0 saturated carbocycles. The molecule has 1 atom stereocenters. The number of anilines is 1. The molecule has 1 aliphatic heterocycles. The molecule has 108 valence electrons. The highest BCUT2D eigenvalue weighted by molar-refractivity contribution is 6.30. The van der Waals surface area contributed by atoms with Gasteiger partial charge in [-0.1, -0.05) is 11.6 Å². The van der Waals surface area contributed by atoms with Gasteiger partial charge in [-0.2, -0.15) is 19.6 Å². The molecule has 7 heteroatoms. The lowest BCUT2D eigenvalue weighted by atomic mass is 10.2. The number of rotatable bonds is 3. The topological polar surface area (TPSA) is 49.6 Å². The minimum atomic E-state index is 0.493. The molecule has 0 amide bonds. The van der Waals surface area contributed by atoms with E-state index in [1.165, 1.54) is 25.7 Å². The van der Waals surface area contributed by atoms with Crippen LogP contribution in [0.4, 0.5) is 5.82 Å². The van der Waals surface area contributed by atoms with Crippen LogP contribution in [0.3, 0.4) is 0 Å². The number of likely N-dealkylation sites (N-methyl/N-ethyl adjacent to an activating group) is 2. The van der Waals surface area contributed by atoms with E-state index in [9.17, 15) is 0 Å². The van der Waals surface area contributed by atoms with Crippen LogP contribution in [0.25, 0.3) is 5.78 Å². The van der Waals surface area contributed by atoms with E-state index in [-0.39, 0.29) is 0 Å². The Balaban J connectivity index is 1.96. The normalized spacial score (nSPS) is 19.9. The van der Waals surface area contributed by atoms with Gasteiger partial charge in [0.2, 0.25) is 0 Å². The first-order chi connectivity index (χ1) is 9.58. The van der Waals surface area contributed by atoms with Gasteiger partial charge >= 0.3 is 0 Å². The van der Waals surface area contributed by atoms with Gasteiger partial charge in [-0.25, -0.2) is 0 Å².